The summed E-state index contributed by atoms with van der Waals surface area (Å²) in [7, 11) is 1.38. The first-order chi connectivity index (χ1) is 8.79. The largest absolute Gasteiger partial charge is 0.493 e. The molecule has 1 aromatic rings. The van der Waals surface area contributed by atoms with Crippen molar-refractivity contribution in [2.75, 3.05) is 7.11 Å². The van der Waals surface area contributed by atoms with Gasteiger partial charge in [0, 0.05) is 0 Å². The first-order valence-corrected chi connectivity index (χ1v) is 5.93. The van der Waals surface area contributed by atoms with Gasteiger partial charge in [-0.1, -0.05) is 13.0 Å². The molecule has 0 saturated heterocycles. The lowest BCUT2D eigenvalue weighted by molar-refractivity contribution is -0.201. The predicted octanol–water partition coefficient (Wildman–Crippen LogP) is 3.05. The molecule has 6 heteroatoms. The Kier molecular flexibility index (Phi) is 5.05. The van der Waals surface area contributed by atoms with Crippen LogP contribution in [-0.2, 0) is 0 Å². The van der Waals surface area contributed by atoms with Crippen LogP contribution in [0.4, 0.5) is 13.2 Å². The van der Waals surface area contributed by atoms with Crippen LogP contribution in [0, 0.1) is 6.92 Å². The molecule has 3 nitrogen and oxygen atoms in total. The van der Waals surface area contributed by atoms with Crippen LogP contribution in [0.3, 0.4) is 0 Å². The van der Waals surface area contributed by atoms with Crippen molar-refractivity contribution in [3.05, 3.63) is 23.8 Å². The molecule has 0 radical (unpaired) electrons. The summed E-state index contributed by atoms with van der Waals surface area (Å²) in [5.41, 5.74) is 6.35. The summed E-state index contributed by atoms with van der Waals surface area (Å²) in [4.78, 5) is 0. The molecule has 0 saturated carbocycles. The Bertz CT molecular complexity index is 421. The van der Waals surface area contributed by atoms with Gasteiger partial charge in [0.1, 0.15) is 0 Å². The molecule has 0 bridgehead atoms. The van der Waals surface area contributed by atoms with Gasteiger partial charge in [0.05, 0.1) is 13.2 Å². The Balaban J connectivity index is 3.03. The van der Waals surface area contributed by atoms with Gasteiger partial charge < -0.3 is 15.2 Å². The highest BCUT2D eigenvalue weighted by Crippen LogP contribution is 2.33. The second-order valence-corrected chi connectivity index (χ2v) is 4.31. The summed E-state index contributed by atoms with van der Waals surface area (Å²) >= 11 is 0. The van der Waals surface area contributed by atoms with Crippen LogP contribution in [-0.4, -0.2) is 25.4 Å². The number of nitrogens with two attached hydrogens (primary N) is 1. The number of rotatable bonds is 5. The minimum absolute atomic E-state index is 0.0410. The van der Waals surface area contributed by atoms with Gasteiger partial charge in [0.15, 0.2) is 11.5 Å². The molecule has 0 aliphatic heterocycles. The zero-order valence-corrected chi connectivity index (χ0v) is 11.1. The quantitative estimate of drug-likeness (QED) is 0.899. The van der Waals surface area contributed by atoms with Gasteiger partial charge in [0.25, 0.3) is 0 Å². The molecule has 2 N–H and O–H groups in total. The number of ether oxygens (including phenoxy) is 2. The van der Waals surface area contributed by atoms with Gasteiger partial charge in [-0.25, -0.2) is 0 Å². The summed E-state index contributed by atoms with van der Waals surface area (Å²) in [6.07, 6.45) is -6.40. The number of methoxy groups -OCH3 is 1. The average molecular weight is 277 g/mol. The minimum Gasteiger partial charge on any atom is -0.493 e. The fourth-order valence-corrected chi connectivity index (χ4v) is 1.62. The lowest BCUT2D eigenvalue weighted by Crippen LogP contribution is -2.48. The number of aryl methyl sites for hydroxylation is 1. The lowest BCUT2D eigenvalue weighted by Gasteiger charge is -2.27. The van der Waals surface area contributed by atoms with Crippen LogP contribution in [0.1, 0.15) is 18.9 Å². The molecule has 2 atom stereocenters. The highest BCUT2D eigenvalue weighted by molar-refractivity contribution is 5.42. The molecule has 2 unspecified atom stereocenters. The number of hydrogen-bond acceptors (Lipinski definition) is 3. The van der Waals surface area contributed by atoms with Crippen LogP contribution in [0.2, 0.25) is 0 Å². The van der Waals surface area contributed by atoms with Crippen LogP contribution in [0.25, 0.3) is 0 Å². The van der Waals surface area contributed by atoms with Gasteiger partial charge in [0.2, 0.25) is 6.10 Å². The van der Waals surface area contributed by atoms with Crippen molar-refractivity contribution in [3.63, 3.8) is 0 Å². The fourth-order valence-electron chi connectivity index (χ4n) is 1.62. The molecule has 108 valence electrons. The first kappa shape index (κ1) is 15.6. The average Bonchev–Trinajstić information content (AvgIpc) is 2.34. The summed E-state index contributed by atoms with van der Waals surface area (Å²) in [5, 5.41) is 0. The minimum atomic E-state index is -4.52. The maximum absolute atomic E-state index is 12.9. The Labute approximate surface area is 110 Å². The smallest absolute Gasteiger partial charge is 0.426 e. The third kappa shape index (κ3) is 4.02. The van der Waals surface area contributed by atoms with Crippen molar-refractivity contribution < 1.29 is 22.6 Å². The van der Waals surface area contributed by atoms with E-state index in [0.29, 0.717) is 0 Å². The highest BCUT2D eigenvalue weighted by atomic mass is 19.4. The van der Waals surface area contributed by atoms with Crippen LogP contribution in [0.5, 0.6) is 11.5 Å². The van der Waals surface area contributed by atoms with Crippen molar-refractivity contribution in [2.45, 2.75) is 38.6 Å². The van der Waals surface area contributed by atoms with E-state index in [9.17, 15) is 13.2 Å². The van der Waals surface area contributed by atoms with Crippen molar-refractivity contribution in [1.29, 1.82) is 0 Å². The fraction of sp³-hybridized carbons (Fsp3) is 0.538. The topological polar surface area (TPSA) is 44.5 Å². The van der Waals surface area contributed by atoms with Gasteiger partial charge >= 0.3 is 6.18 Å². The third-order valence-electron chi connectivity index (χ3n) is 2.76. The maximum atomic E-state index is 12.9. The number of alkyl halides is 3. The van der Waals surface area contributed by atoms with E-state index in [4.69, 9.17) is 15.2 Å². The van der Waals surface area contributed by atoms with Crippen molar-refractivity contribution in [1.82, 2.24) is 0 Å². The summed E-state index contributed by atoms with van der Waals surface area (Å²) in [5.74, 6) is 0.303. The Morgan fingerprint density at radius 3 is 2.37 bits per heavy atom. The second-order valence-electron chi connectivity index (χ2n) is 4.31. The van der Waals surface area contributed by atoms with E-state index in [1.165, 1.54) is 13.2 Å². The van der Waals surface area contributed by atoms with Crippen LogP contribution in [0.15, 0.2) is 18.2 Å². The van der Waals surface area contributed by atoms with Gasteiger partial charge in [-0.05, 0) is 31.0 Å². The van der Waals surface area contributed by atoms with Gasteiger partial charge in [-0.15, -0.1) is 0 Å². The summed E-state index contributed by atoms with van der Waals surface area (Å²) < 4.78 is 48.8. The van der Waals surface area contributed by atoms with E-state index in [2.05, 4.69) is 0 Å². The molecule has 0 aliphatic carbocycles. The molecule has 0 fully saturated rings. The van der Waals surface area contributed by atoms with E-state index in [-0.39, 0.29) is 17.9 Å². The number of hydrogen-bond donors (Lipinski definition) is 1. The third-order valence-corrected chi connectivity index (χ3v) is 2.76. The molecule has 0 aliphatic rings. The first-order valence-electron chi connectivity index (χ1n) is 5.93. The second kappa shape index (κ2) is 6.14. The number of halogens is 3. The maximum Gasteiger partial charge on any atom is 0.426 e. The van der Waals surface area contributed by atoms with E-state index >= 15 is 0 Å². The van der Waals surface area contributed by atoms with Gasteiger partial charge in [-0.3, -0.25) is 0 Å². The molecule has 19 heavy (non-hydrogen) atoms. The molecule has 1 rings (SSSR count). The van der Waals surface area contributed by atoms with Crippen LogP contribution < -0.4 is 15.2 Å². The summed E-state index contributed by atoms with van der Waals surface area (Å²) in [6.45, 7) is 3.39. The zero-order valence-electron chi connectivity index (χ0n) is 11.1. The highest BCUT2D eigenvalue weighted by Gasteiger charge is 2.45. The monoisotopic (exact) mass is 277 g/mol. The van der Waals surface area contributed by atoms with E-state index in [1.807, 2.05) is 6.92 Å². The Morgan fingerprint density at radius 2 is 1.89 bits per heavy atom. The molecule has 1 aromatic carbocycles. The summed E-state index contributed by atoms with van der Waals surface area (Å²) in [6, 6.07) is 3.60. The zero-order chi connectivity index (χ0) is 14.6. The van der Waals surface area contributed by atoms with Crippen molar-refractivity contribution in [2.24, 2.45) is 5.73 Å². The predicted molar refractivity (Wildman–Crippen MR) is 66.5 cm³/mol. The molecule has 0 spiro atoms. The van der Waals surface area contributed by atoms with E-state index in [1.54, 1.807) is 19.1 Å². The Morgan fingerprint density at radius 1 is 1.26 bits per heavy atom. The molecule has 0 amide bonds. The van der Waals surface area contributed by atoms with Crippen molar-refractivity contribution >= 4 is 0 Å². The van der Waals surface area contributed by atoms with Gasteiger partial charge in [-0.2, -0.15) is 13.2 Å². The normalized spacial score (nSPS) is 14.9. The molecular weight excluding hydrogens is 259 g/mol. The van der Waals surface area contributed by atoms with Crippen LogP contribution >= 0.6 is 0 Å². The lowest BCUT2D eigenvalue weighted by atomic mass is 10.1. The van der Waals surface area contributed by atoms with E-state index in [0.717, 1.165) is 5.56 Å². The molecule has 0 aromatic heterocycles. The van der Waals surface area contributed by atoms with E-state index < -0.39 is 18.3 Å². The van der Waals surface area contributed by atoms with Crippen molar-refractivity contribution in [3.8, 4) is 11.5 Å². The number of benzene rings is 1. The molecular formula is C13H18F3NO2. The Hall–Kier alpha value is -1.43. The standard InChI is InChI=1S/C13H18F3NO2/c1-4-9(17)12(13(14,15)16)19-10-6-5-8(2)7-11(10)18-3/h5-7,9,12H,4,17H2,1-3H3. The molecule has 0 heterocycles. The SMILES string of the molecule is CCC(N)C(Oc1ccc(C)cc1OC)C(F)(F)F.